The number of H-pyrrole nitrogens is 1. The SMILES string of the molecule is Cc1noc(C(C)N2CC(NC(=O)c3c[nH]c(=O)cc3C)C(C)(C)C2)n1. The number of hydrogen-bond donors (Lipinski definition) is 2. The standard InChI is InChI=1S/C18H25N5O3/c1-10-6-15(24)19-7-13(10)16(25)21-14-8-23(9-18(14,4)5)11(2)17-20-12(3)22-26-17/h6-7,11,14H,8-9H2,1-5H3,(H,19,24)(H,21,25). The fourth-order valence-electron chi connectivity index (χ4n) is 3.41. The zero-order chi connectivity index (χ0) is 19.1. The van der Waals surface area contributed by atoms with Crippen LogP contribution in [0.2, 0.25) is 0 Å². The number of amides is 1. The Labute approximate surface area is 152 Å². The van der Waals surface area contributed by atoms with Gasteiger partial charge in [-0.3, -0.25) is 14.5 Å². The molecule has 140 valence electrons. The number of aromatic amines is 1. The molecule has 0 aromatic carbocycles. The molecule has 0 aliphatic carbocycles. The lowest BCUT2D eigenvalue weighted by molar-refractivity contribution is 0.0915. The average Bonchev–Trinajstić information content (AvgIpc) is 3.10. The number of carbonyl (C=O) groups excluding carboxylic acids is 1. The lowest BCUT2D eigenvalue weighted by atomic mass is 9.87. The van der Waals surface area contributed by atoms with Crippen LogP contribution < -0.4 is 10.9 Å². The van der Waals surface area contributed by atoms with Gasteiger partial charge in [0.15, 0.2) is 5.82 Å². The molecule has 26 heavy (non-hydrogen) atoms. The summed E-state index contributed by atoms with van der Waals surface area (Å²) in [6.45, 7) is 11.3. The Hall–Kier alpha value is -2.48. The summed E-state index contributed by atoms with van der Waals surface area (Å²) in [6, 6.07) is 1.38. The molecule has 3 heterocycles. The molecule has 0 saturated carbocycles. The lowest BCUT2D eigenvalue weighted by Crippen LogP contribution is -2.44. The first-order chi connectivity index (χ1) is 12.2. The smallest absolute Gasteiger partial charge is 0.253 e. The molecule has 0 spiro atoms. The number of rotatable bonds is 4. The molecule has 2 aromatic heterocycles. The van der Waals surface area contributed by atoms with Crippen molar-refractivity contribution in [2.45, 2.75) is 46.7 Å². The van der Waals surface area contributed by atoms with Crippen LogP contribution >= 0.6 is 0 Å². The molecule has 8 heteroatoms. The molecule has 1 amide bonds. The monoisotopic (exact) mass is 359 g/mol. The fourth-order valence-corrected chi connectivity index (χ4v) is 3.41. The van der Waals surface area contributed by atoms with Gasteiger partial charge in [0.1, 0.15) is 0 Å². The van der Waals surface area contributed by atoms with Gasteiger partial charge in [0.25, 0.3) is 5.91 Å². The minimum Gasteiger partial charge on any atom is -0.347 e. The Kier molecular flexibility index (Phi) is 4.70. The number of nitrogens with zero attached hydrogens (tertiary/aromatic N) is 3. The molecule has 1 aliphatic rings. The molecule has 8 nitrogen and oxygen atoms in total. The maximum atomic E-state index is 12.7. The van der Waals surface area contributed by atoms with Crippen molar-refractivity contribution in [3.8, 4) is 0 Å². The van der Waals surface area contributed by atoms with Gasteiger partial charge in [0.05, 0.1) is 11.6 Å². The first kappa shape index (κ1) is 18.3. The molecule has 0 radical (unpaired) electrons. The van der Waals surface area contributed by atoms with Crippen molar-refractivity contribution in [2.75, 3.05) is 13.1 Å². The molecule has 1 saturated heterocycles. The Balaban J connectivity index is 1.73. The van der Waals surface area contributed by atoms with Gasteiger partial charge in [-0.05, 0) is 31.7 Å². The van der Waals surface area contributed by atoms with E-state index >= 15 is 0 Å². The van der Waals surface area contributed by atoms with Crippen molar-refractivity contribution in [3.05, 3.63) is 45.5 Å². The topological polar surface area (TPSA) is 104 Å². The summed E-state index contributed by atoms with van der Waals surface area (Å²) in [5, 5.41) is 6.98. The van der Waals surface area contributed by atoms with Gasteiger partial charge >= 0.3 is 0 Å². The molecule has 2 atom stereocenters. The van der Waals surface area contributed by atoms with Crippen LogP contribution in [0.5, 0.6) is 0 Å². The summed E-state index contributed by atoms with van der Waals surface area (Å²) < 4.78 is 5.30. The van der Waals surface area contributed by atoms with Crippen LogP contribution in [0, 0.1) is 19.3 Å². The van der Waals surface area contributed by atoms with E-state index in [9.17, 15) is 9.59 Å². The minimum atomic E-state index is -0.213. The van der Waals surface area contributed by atoms with Crippen molar-refractivity contribution in [3.63, 3.8) is 0 Å². The second-order valence-corrected chi connectivity index (χ2v) is 7.69. The van der Waals surface area contributed by atoms with Crippen molar-refractivity contribution in [2.24, 2.45) is 5.41 Å². The number of pyridine rings is 1. The molecule has 1 aliphatic heterocycles. The maximum absolute atomic E-state index is 12.7. The van der Waals surface area contributed by atoms with E-state index in [1.54, 1.807) is 13.8 Å². The van der Waals surface area contributed by atoms with Crippen LogP contribution in [0.15, 0.2) is 21.6 Å². The van der Waals surface area contributed by atoms with E-state index in [2.05, 4.69) is 39.2 Å². The summed E-state index contributed by atoms with van der Waals surface area (Å²) in [5.41, 5.74) is 0.817. The van der Waals surface area contributed by atoms with Crippen molar-refractivity contribution < 1.29 is 9.32 Å². The van der Waals surface area contributed by atoms with E-state index in [1.807, 2.05) is 6.92 Å². The Morgan fingerprint density at radius 2 is 2.19 bits per heavy atom. The molecule has 2 unspecified atom stereocenters. The van der Waals surface area contributed by atoms with Crippen molar-refractivity contribution in [1.82, 2.24) is 25.3 Å². The van der Waals surface area contributed by atoms with Gasteiger partial charge < -0.3 is 14.8 Å². The third-order valence-electron chi connectivity index (χ3n) is 5.10. The Bertz CT molecular complexity index is 870. The van der Waals surface area contributed by atoms with Gasteiger partial charge in [0, 0.05) is 31.4 Å². The van der Waals surface area contributed by atoms with E-state index < -0.39 is 0 Å². The largest absolute Gasteiger partial charge is 0.347 e. The summed E-state index contributed by atoms with van der Waals surface area (Å²) in [4.78, 5) is 33.1. The number of carbonyl (C=O) groups is 1. The Morgan fingerprint density at radius 1 is 1.46 bits per heavy atom. The molecule has 0 bridgehead atoms. The molecular weight excluding hydrogens is 334 g/mol. The maximum Gasteiger partial charge on any atom is 0.253 e. The van der Waals surface area contributed by atoms with E-state index in [-0.39, 0.29) is 29.0 Å². The quantitative estimate of drug-likeness (QED) is 0.859. The second kappa shape index (κ2) is 6.68. The normalized spacial score (nSPS) is 20.9. The van der Waals surface area contributed by atoms with Gasteiger partial charge in [-0.15, -0.1) is 0 Å². The van der Waals surface area contributed by atoms with E-state index in [0.29, 0.717) is 29.4 Å². The van der Waals surface area contributed by atoms with Crippen LogP contribution in [-0.4, -0.2) is 45.1 Å². The highest BCUT2D eigenvalue weighted by Crippen LogP contribution is 2.34. The zero-order valence-electron chi connectivity index (χ0n) is 15.8. The number of likely N-dealkylation sites (tertiary alicyclic amines) is 1. The van der Waals surface area contributed by atoms with Crippen LogP contribution in [-0.2, 0) is 0 Å². The predicted molar refractivity (Wildman–Crippen MR) is 95.9 cm³/mol. The van der Waals surface area contributed by atoms with Crippen molar-refractivity contribution in [1.29, 1.82) is 0 Å². The highest BCUT2D eigenvalue weighted by atomic mass is 16.5. The molecule has 3 rings (SSSR count). The van der Waals surface area contributed by atoms with E-state index in [0.717, 1.165) is 6.54 Å². The number of nitrogens with one attached hydrogen (secondary N) is 2. The van der Waals surface area contributed by atoms with E-state index in [1.165, 1.54) is 12.3 Å². The fraction of sp³-hybridized carbons (Fsp3) is 0.556. The third kappa shape index (κ3) is 3.55. The summed E-state index contributed by atoms with van der Waals surface area (Å²) in [6.07, 6.45) is 1.47. The first-order valence-corrected chi connectivity index (χ1v) is 8.72. The Morgan fingerprint density at radius 3 is 2.81 bits per heavy atom. The zero-order valence-corrected chi connectivity index (χ0v) is 15.8. The average molecular weight is 359 g/mol. The minimum absolute atomic E-state index is 0.0211. The van der Waals surface area contributed by atoms with Crippen LogP contribution in [0.3, 0.4) is 0 Å². The third-order valence-corrected chi connectivity index (χ3v) is 5.10. The highest BCUT2D eigenvalue weighted by Gasteiger charge is 2.43. The molecular formula is C18H25N5O3. The lowest BCUT2D eigenvalue weighted by Gasteiger charge is -2.26. The molecule has 2 N–H and O–H groups in total. The summed E-state index contributed by atoms with van der Waals surface area (Å²) in [5.74, 6) is 1.02. The van der Waals surface area contributed by atoms with E-state index in [4.69, 9.17) is 4.52 Å². The summed E-state index contributed by atoms with van der Waals surface area (Å²) in [7, 11) is 0. The van der Waals surface area contributed by atoms with Crippen LogP contribution in [0.4, 0.5) is 0 Å². The van der Waals surface area contributed by atoms with Gasteiger partial charge in [-0.1, -0.05) is 19.0 Å². The van der Waals surface area contributed by atoms with Gasteiger partial charge in [-0.25, -0.2) is 0 Å². The van der Waals surface area contributed by atoms with Gasteiger partial charge in [-0.2, -0.15) is 4.98 Å². The van der Waals surface area contributed by atoms with Crippen molar-refractivity contribution >= 4 is 5.91 Å². The highest BCUT2D eigenvalue weighted by molar-refractivity contribution is 5.95. The van der Waals surface area contributed by atoms with Crippen LogP contribution in [0.1, 0.15) is 54.4 Å². The second-order valence-electron chi connectivity index (χ2n) is 7.69. The molecule has 2 aromatic rings. The number of aromatic nitrogens is 3. The first-order valence-electron chi connectivity index (χ1n) is 8.72. The van der Waals surface area contributed by atoms with Crippen LogP contribution in [0.25, 0.3) is 0 Å². The molecule has 1 fully saturated rings. The predicted octanol–water partition coefficient (Wildman–Crippen LogP) is 1.58. The number of hydrogen-bond acceptors (Lipinski definition) is 6. The van der Waals surface area contributed by atoms with Gasteiger partial charge in [0.2, 0.25) is 11.4 Å². The number of aryl methyl sites for hydroxylation is 2. The summed E-state index contributed by atoms with van der Waals surface area (Å²) >= 11 is 0.